The molecule has 1 saturated carbocycles. The van der Waals surface area contributed by atoms with Crippen LogP contribution in [0.5, 0.6) is 0 Å². The largest absolute Gasteiger partial charge is 0.370 e. The van der Waals surface area contributed by atoms with Gasteiger partial charge in [-0.1, -0.05) is 18.0 Å². The lowest BCUT2D eigenvalue weighted by atomic mass is 9.78. The van der Waals surface area contributed by atoms with Crippen LogP contribution in [0, 0.1) is 11.8 Å². The van der Waals surface area contributed by atoms with Gasteiger partial charge in [0.25, 0.3) is 5.91 Å². The summed E-state index contributed by atoms with van der Waals surface area (Å²) >= 11 is 5.97. The topological polar surface area (TPSA) is 72.4 Å². The van der Waals surface area contributed by atoms with Gasteiger partial charge in [0.2, 0.25) is 0 Å². The SMILES string of the molecule is NC(=O)c1cc(Cl)ccc1N1CC2CCCC(N)C2C1. The Hall–Kier alpha value is -1.26. The molecule has 5 heteroatoms. The van der Waals surface area contributed by atoms with E-state index in [1.165, 1.54) is 12.8 Å². The van der Waals surface area contributed by atoms with Crippen LogP contribution < -0.4 is 16.4 Å². The lowest BCUT2D eigenvalue weighted by Gasteiger charge is -2.29. The standard InChI is InChI=1S/C15H20ClN3O/c16-10-4-5-14(11(6-10)15(18)20)19-7-9-2-1-3-13(17)12(9)8-19/h4-6,9,12-13H,1-3,7-8,17H2,(H2,18,20). The Morgan fingerprint density at radius 1 is 1.30 bits per heavy atom. The average molecular weight is 294 g/mol. The predicted octanol–water partition coefficient (Wildman–Crippen LogP) is 2.00. The van der Waals surface area contributed by atoms with Gasteiger partial charge in [0.05, 0.1) is 5.56 Å². The summed E-state index contributed by atoms with van der Waals surface area (Å²) in [5.74, 6) is 0.733. The van der Waals surface area contributed by atoms with E-state index in [0.29, 0.717) is 22.4 Å². The van der Waals surface area contributed by atoms with Gasteiger partial charge in [-0.25, -0.2) is 0 Å². The highest BCUT2D eigenvalue weighted by Gasteiger charge is 2.39. The number of carbonyl (C=O) groups excluding carboxylic acids is 1. The van der Waals surface area contributed by atoms with Crippen molar-refractivity contribution in [1.29, 1.82) is 0 Å². The van der Waals surface area contributed by atoms with Crippen LogP contribution in [0.2, 0.25) is 5.02 Å². The Balaban J connectivity index is 1.89. The summed E-state index contributed by atoms with van der Waals surface area (Å²) in [7, 11) is 0. The van der Waals surface area contributed by atoms with E-state index in [4.69, 9.17) is 23.1 Å². The van der Waals surface area contributed by atoms with E-state index in [1.54, 1.807) is 6.07 Å². The number of hydrogen-bond donors (Lipinski definition) is 2. The molecular formula is C15H20ClN3O. The number of fused-ring (bicyclic) bond motifs is 1. The van der Waals surface area contributed by atoms with Crippen molar-refractivity contribution in [2.24, 2.45) is 23.3 Å². The lowest BCUT2D eigenvalue weighted by molar-refractivity contribution is 0.100. The molecule has 20 heavy (non-hydrogen) atoms. The van der Waals surface area contributed by atoms with Crippen molar-refractivity contribution in [3.05, 3.63) is 28.8 Å². The highest BCUT2D eigenvalue weighted by molar-refractivity contribution is 6.31. The molecule has 3 atom stereocenters. The van der Waals surface area contributed by atoms with Crippen molar-refractivity contribution in [1.82, 2.24) is 0 Å². The maximum atomic E-state index is 11.6. The third kappa shape index (κ3) is 2.38. The maximum Gasteiger partial charge on any atom is 0.250 e. The fourth-order valence-corrected chi connectivity index (χ4v) is 3.87. The van der Waals surface area contributed by atoms with Crippen LogP contribution in [0.25, 0.3) is 0 Å². The van der Waals surface area contributed by atoms with Crippen molar-refractivity contribution in [2.75, 3.05) is 18.0 Å². The van der Waals surface area contributed by atoms with E-state index < -0.39 is 5.91 Å². The quantitative estimate of drug-likeness (QED) is 0.876. The predicted molar refractivity (Wildman–Crippen MR) is 81.0 cm³/mol. The molecule has 3 unspecified atom stereocenters. The summed E-state index contributed by atoms with van der Waals surface area (Å²) in [6, 6.07) is 5.64. The van der Waals surface area contributed by atoms with Crippen LogP contribution >= 0.6 is 11.6 Å². The van der Waals surface area contributed by atoms with Gasteiger partial charge in [0.1, 0.15) is 0 Å². The van der Waals surface area contributed by atoms with Gasteiger partial charge in [0, 0.05) is 29.8 Å². The number of rotatable bonds is 2. The Bertz CT molecular complexity index is 534. The minimum absolute atomic E-state index is 0.281. The third-order valence-electron chi connectivity index (χ3n) is 4.72. The fourth-order valence-electron chi connectivity index (χ4n) is 3.69. The second kappa shape index (κ2) is 5.26. The van der Waals surface area contributed by atoms with E-state index in [2.05, 4.69) is 4.90 Å². The maximum absolute atomic E-state index is 11.6. The van der Waals surface area contributed by atoms with Crippen LogP contribution in [0.1, 0.15) is 29.6 Å². The number of nitrogens with zero attached hydrogens (tertiary/aromatic N) is 1. The Kier molecular flexibility index (Phi) is 3.61. The van der Waals surface area contributed by atoms with E-state index in [0.717, 1.165) is 25.2 Å². The Morgan fingerprint density at radius 2 is 2.10 bits per heavy atom. The molecule has 1 aromatic rings. The smallest absolute Gasteiger partial charge is 0.250 e. The first kappa shape index (κ1) is 13.7. The molecule has 4 N–H and O–H groups in total. The summed E-state index contributed by atoms with van der Waals surface area (Å²) in [6.07, 6.45) is 3.55. The van der Waals surface area contributed by atoms with Gasteiger partial charge in [-0.2, -0.15) is 0 Å². The summed E-state index contributed by atoms with van der Waals surface area (Å²) in [5, 5.41) is 0.538. The zero-order valence-electron chi connectivity index (χ0n) is 11.4. The molecule has 108 valence electrons. The molecule has 1 aliphatic carbocycles. The molecule has 4 nitrogen and oxygen atoms in total. The molecule has 2 aliphatic rings. The number of benzene rings is 1. The first-order valence-electron chi connectivity index (χ1n) is 7.16. The number of anilines is 1. The number of nitrogens with two attached hydrogens (primary N) is 2. The molecule has 1 aliphatic heterocycles. The number of halogens is 1. The van der Waals surface area contributed by atoms with Crippen LogP contribution in [-0.4, -0.2) is 25.0 Å². The monoisotopic (exact) mass is 293 g/mol. The van der Waals surface area contributed by atoms with E-state index in [9.17, 15) is 4.79 Å². The van der Waals surface area contributed by atoms with Gasteiger partial charge < -0.3 is 16.4 Å². The second-order valence-electron chi connectivity index (χ2n) is 5.95. The van der Waals surface area contributed by atoms with Gasteiger partial charge >= 0.3 is 0 Å². The zero-order valence-corrected chi connectivity index (χ0v) is 12.1. The van der Waals surface area contributed by atoms with Crippen LogP contribution in [0.15, 0.2) is 18.2 Å². The van der Waals surface area contributed by atoms with E-state index >= 15 is 0 Å². The van der Waals surface area contributed by atoms with Gasteiger partial charge in [-0.15, -0.1) is 0 Å². The molecule has 1 heterocycles. The first-order valence-corrected chi connectivity index (χ1v) is 7.54. The molecule has 2 fully saturated rings. The molecule has 0 radical (unpaired) electrons. The molecule has 1 amide bonds. The Labute approximate surface area is 124 Å². The molecule has 0 spiro atoms. The lowest BCUT2D eigenvalue weighted by Crippen LogP contribution is -2.38. The molecule has 1 saturated heterocycles. The number of primary amides is 1. The van der Waals surface area contributed by atoms with Crippen molar-refractivity contribution in [3.8, 4) is 0 Å². The summed E-state index contributed by atoms with van der Waals surface area (Å²) in [6.45, 7) is 1.87. The van der Waals surface area contributed by atoms with Crippen LogP contribution in [0.4, 0.5) is 5.69 Å². The van der Waals surface area contributed by atoms with Gasteiger partial charge in [0.15, 0.2) is 0 Å². The number of carbonyl (C=O) groups is 1. The van der Waals surface area contributed by atoms with Crippen molar-refractivity contribution >= 4 is 23.2 Å². The van der Waals surface area contributed by atoms with Crippen molar-refractivity contribution in [2.45, 2.75) is 25.3 Å². The number of hydrogen-bond acceptors (Lipinski definition) is 3. The third-order valence-corrected chi connectivity index (χ3v) is 4.95. The normalized spacial score (nSPS) is 29.3. The van der Waals surface area contributed by atoms with E-state index in [1.807, 2.05) is 12.1 Å². The molecule has 0 aromatic heterocycles. The first-order chi connectivity index (χ1) is 9.56. The summed E-state index contributed by atoms with van der Waals surface area (Å²) in [4.78, 5) is 13.9. The van der Waals surface area contributed by atoms with Crippen molar-refractivity contribution in [3.63, 3.8) is 0 Å². The van der Waals surface area contributed by atoms with Crippen molar-refractivity contribution < 1.29 is 4.79 Å². The van der Waals surface area contributed by atoms with Crippen LogP contribution in [0.3, 0.4) is 0 Å². The highest BCUT2D eigenvalue weighted by atomic mass is 35.5. The summed E-state index contributed by atoms with van der Waals surface area (Å²) in [5.41, 5.74) is 13.1. The minimum Gasteiger partial charge on any atom is -0.370 e. The van der Waals surface area contributed by atoms with Gasteiger partial charge in [-0.3, -0.25) is 4.79 Å². The minimum atomic E-state index is -0.429. The molecule has 3 rings (SSSR count). The zero-order chi connectivity index (χ0) is 14.3. The van der Waals surface area contributed by atoms with Crippen LogP contribution in [-0.2, 0) is 0 Å². The van der Waals surface area contributed by atoms with E-state index in [-0.39, 0.29) is 6.04 Å². The average Bonchev–Trinajstić information content (AvgIpc) is 2.84. The molecular weight excluding hydrogens is 274 g/mol. The molecule has 0 bridgehead atoms. The number of amides is 1. The van der Waals surface area contributed by atoms with Gasteiger partial charge in [-0.05, 0) is 42.9 Å². The highest BCUT2D eigenvalue weighted by Crippen LogP contribution is 2.38. The summed E-state index contributed by atoms with van der Waals surface area (Å²) < 4.78 is 0. The fraction of sp³-hybridized carbons (Fsp3) is 0.533. The Morgan fingerprint density at radius 3 is 2.80 bits per heavy atom. The second-order valence-corrected chi connectivity index (χ2v) is 6.39. The molecule has 1 aromatic carbocycles.